The summed E-state index contributed by atoms with van der Waals surface area (Å²) in [4.78, 5) is 29.4. The summed E-state index contributed by atoms with van der Waals surface area (Å²) >= 11 is 14.1. The lowest BCUT2D eigenvalue weighted by atomic mass is 9.94. The molecule has 1 saturated carbocycles. The normalized spacial score (nSPS) is 14.5. The first-order valence-electron chi connectivity index (χ1n) is 13.6. The van der Waals surface area contributed by atoms with Crippen LogP contribution in [0.3, 0.4) is 0 Å². The maximum absolute atomic E-state index is 13.9. The molecule has 4 rings (SSSR count). The summed E-state index contributed by atoms with van der Waals surface area (Å²) in [6.45, 7) is 2.34. The first-order valence-corrected chi connectivity index (χ1v) is 15.5. The van der Waals surface area contributed by atoms with Crippen LogP contribution in [0.15, 0.2) is 72.8 Å². The molecule has 3 aromatic carbocycles. The van der Waals surface area contributed by atoms with Crippen molar-refractivity contribution >= 4 is 46.8 Å². The van der Waals surface area contributed by atoms with Crippen molar-refractivity contribution in [3.05, 3.63) is 105 Å². The molecule has 4 nitrogen and oxygen atoms in total. The zero-order valence-electron chi connectivity index (χ0n) is 22.4. The highest BCUT2D eigenvalue weighted by Crippen LogP contribution is 2.25. The van der Waals surface area contributed by atoms with Crippen LogP contribution in [0.25, 0.3) is 0 Å². The van der Waals surface area contributed by atoms with E-state index in [0.717, 1.165) is 42.6 Å². The number of thioether (sulfide) groups is 1. The highest BCUT2D eigenvalue weighted by Gasteiger charge is 2.32. The maximum atomic E-state index is 13.9. The lowest BCUT2D eigenvalue weighted by Gasteiger charge is -2.33. The molecule has 206 valence electrons. The van der Waals surface area contributed by atoms with Crippen molar-refractivity contribution < 1.29 is 9.59 Å². The molecule has 1 aliphatic carbocycles. The molecule has 2 amide bonds. The number of benzene rings is 3. The average molecular weight is 584 g/mol. The minimum atomic E-state index is -0.643. The van der Waals surface area contributed by atoms with Gasteiger partial charge in [0.25, 0.3) is 0 Å². The maximum Gasteiger partial charge on any atom is 0.243 e. The molecule has 3 aromatic rings. The monoisotopic (exact) mass is 582 g/mol. The van der Waals surface area contributed by atoms with Gasteiger partial charge in [-0.3, -0.25) is 9.59 Å². The first kappa shape index (κ1) is 29.5. The third-order valence-electron chi connectivity index (χ3n) is 7.14. The van der Waals surface area contributed by atoms with Crippen LogP contribution in [0.2, 0.25) is 10.0 Å². The molecular formula is C32H36Cl2N2O2S. The topological polar surface area (TPSA) is 49.4 Å². The van der Waals surface area contributed by atoms with Gasteiger partial charge in [-0.1, -0.05) is 109 Å². The van der Waals surface area contributed by atoms with E-state index in [9.17, 15) is 9.59 Å². The molecular weight excluding hydrogens is 547 g/mol. The van der Waals surface area contributed by atoms with Gasteiger partial charge in [0, 0.05) is 24.8 Å². The Bertz CT molecular complexity index is 1250. The van der Waals surface area contributed by atoms with Crippen molar-refractivity contribution in [1.82, 2.24) is 10.2 Å². The fourth-order valence-electron chi connectivity index (χ4n) is 5.07. The zero-order valence-corrected chi connectivity index (χ0v) is 24.7. The molecule has 7 heteroatoms. The summed E-state index contributed by atoms with van der Waals surface area (Å²) in [6.07, 6.45) is 5.86. The molecule has 0 saturated heterocycles. The Kier molecular flexibility index (Phi) is 11.2. The van der Waals surface area contributed by atoms with Gasteiger partial charge >= 0.3 is 0 Å². The Balaban J connectivity index is 1.58. The molecule has 0 heterocycles. The van der Waals surface area contributed by atoms with Gasteiger partial charge in [0.05, 0.1) is 15.8 Å². The summed E-state index contributed by atoms with van der Waals surface area (Å²) in [5.41, 5.74) is 4.23. The summed E-state index contributed by atoms with van der Waals surface area (Å²) in [7, 11) is 0. The summed E-state index contributed by atoms with van der Waals surface area (Å²) in [5, 5.41) is 4.18. The van der Waals surface area contributed by atoms with Crippen molar-refractivity contribution in [1.29, 1.82) is 0 Å². The first-order chi connectivity index (χ1) is 18.9. The van der Waals surface area contributed by atoms with E-state index in [1.807, 2.05) is 42.5 Å². The number of amides is 2. The molecule has 0 aromatic heterocycles. The van der Waals surface area contributed by atoms with E-state index in [0.29, 0.717) is 16.5 Å². The van der Waals surface area contributed by atoms with Crippen molar-refractivity contribution in [3.8, 4) is 0 Å². The van der Waals surface area contributed by atoms with E-state index in [1.54, 1.807) is 28.8 Å². The van der Waals surface area contributed by atoms with Crippen LogP contribution < -0.4 is 5.32 Å². The predicted molar refractivity (Wildman–Crippen MR) is 163 cm³/mol. The zero-order chi connectivity index (χ0) is 27.6. The van der Waals surface area contributed by atoms with E-state index in [4.69, 9.17) is 23.2 Å². The SMILES string of the molecule is Cc1cccc(CSCC(=O)N(Cc2ccc(Cl)c(Cl)c2)C(Cc2ccccc2)C(=O)NC2CCCCC2)c1. The Morgan fingerprint density at radius 3 is 2.36 bits per heavy atom. The Hall–Kier alpha value is -2.47. The van der Waals surface area contributed by atoms with Crippen LogP contribution in [0.4, 0.5) is 0 Å². The van der Waals surface area contributed by atoms with Gasteiger partial charge in [-0.05, 0) is 48.6 Å². The number of carbonyl (C=O) groups is 2. The number of halogens is 2. The number of nitrogens with one attached hydrogen (secondary N) is 1. The summed E-state index contributed by atoms with van der Waals surface area (Å²) < 4.78 is 0. The van der Waals surface area contributed by atoms with Gasteiger partial charge in [0.1, 0.15) is 6.04 Å². The third kappa shape index (κ3) is 9.02. The second-order valence-corrected chi connectivity index (χ2v) is 12.1. The average Bonchev–Trinajstić information content (AvgIpc) is 2.93. The van der Waals surface area contributed by atoms with Crippen LogP contribution >= 0.6 is 35.0 Å². The Labute approximate surface area is 246 Å². The van der Waals surface area contributed by atoms with Crippen LogP contribution in [-0.4, -0.2) is 34.6 Å². The lowest BCUT2D eigenvalue weighted by Crippen LogP contribution is -2.53. The molecule has 1 aliphatic rings. The number of aryl methyl sites for hydroxylation is 1. The Morgan fingerprint density at radius 2 is 1.64 bits per heavy atom. The lowest BCUT2D eigenvalue weighted by molar-refractivity contribution is -0.139. The van der Waals surface area contributed by atoms with Crippen molar-refractivity contribution in [2.24, 2.45) is 0 Å². The third-order valence-corrected chi connectivity index (χ3v) is 8.86. The summed E-state index contributed by atoms with van der Waals surface area (Å²) in [6, 6.07) is 23.1. The molecule has 1 N–H and O–H groups in total. The van der Waals surface area contributed by atoms with E-state index in [1.165, 1.54) is 17.5 Å². The summed E-state index contributed by atoms with van der Waals surface area (Å²) in [5.74, 6) is 0.837. The van der Waals surface area contributed by atoms with Gasteiger partial charge in [-0.25, -0.2) is 0 Å². The van der Waals surface area contributed by atoms with Gasteiger partial charge in [0.15, 0.2) is 0 Å². The van der Waals surface area contributed by atoms with Gasteiger partial charge in [-0.15, -0.1) is 11.8 Å². The predicted octanol–water partition coefficient (Wildman–Crippen LogP) is 7.62. The van der Waals surface area contributed by atoms with Gasteiger partial charge < -0.3 is 10.2 Å². The minimum absolute atomic E-state index is 0.0709. The van der Waals surface area contributed by atoms with Crippen LogP contribution in [0, 0.1) is 6.92 Å². The van der Waals surface area contributed by atoms with E-state index in [2.05, 4.69) is 30.4 Å². The van der Waals surface area contributed by atoms with Crippen molar-refractivity contribution in [3.63, 3.8) is 0 Å². The number of carbonyl (C=O) groups excluding carboxylic acids is 2. The van der Waals surface area contributed by atoms with Gasteiger partial charge in [0.2, 0.25) is 11.8 Å². The molecule has 0 spiro atoms. The van der Waals surface area contributed by atoms with Crippen molar-refractivity contribution in [2.75, 3.05) is 5.75 Å². The van der Waals surface area contributed by atoms with Crippen LogP contribution in [-0.2, 0) is 28.3 Å². The fourth-order valence-corrected chi connectivity index (χ4v) is 6.25. The Morgan fingerprint density at radius 1 is 0.897 bits per heavy atom. The molecule has 0 aliphatic heterocycles. The van der Waals surface area contributed by atoms with Crippen LogP contribution in [0.5, 0.6) is 0 Å². The fraction of sp³-hybridized carbons (Fsp3) is 0.375. The molecule has 0 bridgehead atoms. The molecule has 0 radical (unpaired) electrons. The van der Waals surface area contributed by atoms with Gasteiger partial charge in [-0.2, -0.15) is 0 Å². The minimum Gasteiger partial charge on any atom is -0.352 e. The van der Waals surface area contributed by atoms with E-state index < -0.39 is 6.04 Å². The second kappa shape index (κ2) is 14.8. The molecule has 1 atom stereocenters. The quantitative estimate of drug-likeness (QED) is 0.253. The number of nitrogens with zero attached hydrogens (tertiary/aromatic N) is 1. The van der Waals surface area contributed by atoms with E-state index in [-0.39, 0.29) is 30.2 Å². The second-order valence-electron chi connectivity index (χ2n) is 10.3. The number of rotatable bonds is 11. The van der Waals surface area contributed by atoms with Crippen LogP contribution in [0.1, 0.15) is 54.4 Å². The number of hydrogen-bond donors (Lipinski definition) is 1. The standard InChI is InChI=1S/C32H36Cl2N2O2S/c1-23-9-8-12-26(17-23)21-39-22-31(37)36(20-25-15-16-28(33)29(34)18-25)30(19-24-10-4-2-5-11-24)32(38)35-27-13-6-3-7-14-27/h2,4-5,8-12,15-18,27,30H,3,6-7,13-14,19-22H2,1H3,(H,35,38). The smallest absolute Gasteiger partial charge is 0.243 e. The number of hydrogen-bond acceptors (Lipinski definition) is 3. The highest BCUT2D eigenvalue weighted by atomic mass is 35.5. The molecule has 1 fully saturated rings. The molecule has 39 heavy (non-hydrogen) atoms. The highest BCUT2D eigenvalue weighted by molar-refractivity contribution is 7.99. The van der Waals surface area contributed by atoms with E-state index >= 15 is 0 Å². The largest absolute Gasteiger partial charge is 0.352 e. The molecule has 1 unspecified atom stereocenters. The van der Waals surface area contributed by atoms with Crippen molar-refractivity contribution in [2.45, 2.75) is 69.8 Å².